The van der Waals surface area contributed by atoms with Gasteiger partial charge in [-0.25, -0.2) is 9.89 Å². The smallest absolute Gasteiger partial charge is 0.344 e. The third kappa shape index (κ3) is 5.43. The number of ketones is 1. The number of amides is 1. The van der Waals surface area contributed by atoms with Crippen LogP contribution in [-0.4, -0.2) is 38.8 Å². The zero-order valence-corrected chi connectivity index (χ0v) is 16.9. The van der Waals surface area contributed by atoms with Gasteiger partial charge in [0.15, 0.2) is 10.9 Å². The maximum atomic E-state index is 12.5. The number of benzene rings is 1. The van der Waals surface area contributed by atoms with Crippen molar-refractivity contribution in [2.45, 2.75) is 25.0 Å². The van der Waals surface area contributed by atoms with Crippen LogP contribution in [0.5, 0.6) is 0 Å². The molecule has 1 amide bonds. The molecule has 0 atom stereocenters. The number of rotatable bonds is 9. The van der Waals surface area contributed by atoms with Gasteiger partial charge in [0.25, 0.3) is 0 Å². The van der Waals surface area contributed by atoms with Gasteiger partial charge in [0.1, 0.15) is 0 Å². The first-order valence-corrected chi connectivity index (χ1v) is 10.5. The summed E-state index contributed by atoms with van der Waals surface area (Å²) in [4.78, 5) is 37.1. The normalized spacial score (nSPS) is 10.8. The van der Waals surface area contributed by atoms with Gasteiger partial charge in [-0.15, -0.1) is 16.4 Å². The van der Waals surface area contributed by atoms with Crippen molar-refractivity contribution in [2.75, 3.05) is 12.3 Å². The van der Waals surface area contributed by atoms with E-state index in [1.807, 2.05) is 36.4 Å². The van der Waals surface area contributed by atoms with Crippen molar-refractivity contribution in [1.82, 2.24) is 20.1 Å². The largest absolute Gasteiger partial charge is 0.356 e. The van der Waals surface area contributed by atoms with Gasteiger partial charge in [0, 0.05) is 18.3 Å². The van der Waals surface area contributed by atoms with E-state index in [2.05, 4.69) is 15.5 Å². The first kappa shape index (κ1) is 20.1. The summed E-state index contributed by atoms with van der Waals surface area (Å²) in [7, 11) is 0. The van der Waals surface area contributed by atoms with Crippen molar-refractivity contribution < 1.29 is 9.59 Å². The predicted octanol–water partition coefficient (Wildman–Crippen LogP) is 2.33. The zero-order chi connectivity index (χ0) is 19.9. The van der Waals surface area contributed by atoms with Gasteiger partial charge in [-0.1, -0.05) is 42.1 Å². The number of nitrogens with one attached hydrogen (secondary N) is 2. The van der Waals surface area contributed by atoms with Crippen molar-refractivity contribution in [3.05, 3.63) is 68.3 Å². The monoisotopic (exact) mass is 416 g/mol. The van der Waals surface area contributed by atoms with Crippen molar-refractivity contribution >= 4 is 34.8 Å². The Morgan fingerprint density at radius 2 is 2.00 bits per heavy atom. The Morgan fingerprint density at radius 3 is 2.75 bits per heavy atom. The van der Waals surface area contributed by atoms with Crippen LogP contribution in [-0.2, 0) is 17.8 Å². The highest BCUT2D eigenvalue weighted by atomic mass is 32.2. The fraction of sp³-hybridized carbons (Fsp3) is 0.263. The summed E-state index contributed by atoms with van der Waals surface area (Å²) in [6, 6.07) is 13.3. The molecule has 2 aromatic heterocycles. The van der Waals surface area contributed by atoms with E-state index in [4.69, 9.17) is 0 Å². The molecule has 9 heteroatoms. The van der Waals surface area contributed by atoms with Crippen molar-refractivity contribution in [2.24, 2.45) is 0 Å². The van der Waals surface area contributed by atoms with Gasteiger partial charge in [0.05, 0.1) is 17.2 Å². The topological polar surface area (TPSA) is 96.8 Å². The van der Waals surface area contributed by atoms with Gasteiger partial charge in [0.2, 0.25) is 5.91 Å². The molecule has 3 aromatic rings. The minimum absolute atomic E-state index is 0.0116. The maximum absolute atomic E-state index is 12.5. The Balaban J connectivity index is 1.59. The van der Waals surface area contributed by atoms with Gasteiger partial charge in [-0.3, -0.25) is 14.2 Å². The van der Waals surface area contributed by atoms with Crippen molar-refractivity contribution in [1.29, 1.82) is 0 Å². The number of carbonyl (C=O) groups excluding carboxylic acids is 2. The molecule has 7 nitrogen and oxygen atoms in total. The summed E-state index contributed by atoms with van der Waals surface area (Å²) in [5.74, 6) is 0.123. The Morgan fingerprint density at radius 1 is 1.21 bits per heavy atom. The van der Waals surface area contributed by atoms with E-state index in [9.17, 15) is 14.4 Å². The van der Waals surface area contributed by atoms with Gasteiger partial charge in [-0.2, -0.15) is 0 Å². The lowest BCUT2D eigenvalue weighted by Crippen LogP contribution is -2.22. The molecule has 0 unspecified atom stereocenters. The maximum Gasteiger partial charge on any atom is 0.344 e. The average molecular weight is 417 g/mol. The summed E-state index contributed by atoms with van der Waals surface area (Å²) in [6.45, 7) is 2.43. The van der Waals surface area contributed by atoms with Crippen LogP contribution in [0.15, 0.2) is 52.4 Å². The lowest BCUT2D eigenvalue weighted by molar-refractivity contribution is -0.118. The molecule has 3 rings (SSSR count). The zero-order valence-electron chi connectivity index (χ0n) is 15.3. The van der Waals surface area contributed by atoms with E-state index in [1.54, 1.807) is 6.07 Å². The molecule has 0 aliphatic carbocycles. The molecule has 0 radical (unpaired) electrons. The number of nitrogens with zero attached hydrogens (tertiary/aromatic N) is 2. The minimum atomic E-state index is -0.296. The lowest BCUT2D eigenvalue weighted by Gasteiger charge is -2.05. The second-order valence-electron chi connectivity index (χ2n) is 6.09. The molecule has 2 heterocycles. The van der Waals surface area contributed by atoms with Crippen LogP contribution in [0.2, 0.25) is 0 Å². The SMILES string of the molecule is CC(=O)NCCc1ccc(C(=O)CSc2n[nH]c(=O)n2Cc2ccccc2)s1. The second-order valence-corrected chi connectivity index (χ2v) is 8.20. The number of carbonyl (C=O) groups is 2. The highest BCUT2D eigenvalue weighted by Gasteiger charge is 2.14. The van der Waals surface area contributed by atoms with Crippen molar-refractivity contribution in [3.8, 4) is 0 Å². The molecule has 0 spiro atoms. The summed E-state index contributed by atoms with van der Waals surface area (Å²) >= 11 is 2.67. The Hall–Kier alpha value is -2.65. The molecule has 1 aromatic carbocycles. The highest BCUT2D eigenvalue weighted by molar-refractivity contribution is 7.99. The molecule has 0 aliphatic rings. The van der Waals surface area contributed by atoms with Crippen LogP contribution in [0.25, 0.3) is 0 Å². The summed E-state index contributed by atoms with van der Waals surface area (Å²) in [6.07, 6.45) is 0.695. The van der Waals surface area contributed by atoms with Crippen LogP contribution < -0.4 is 11.0 Å². The summed E-state index contributed by atoms with van der Waals surface area (Å²) in [5.41, 5.74) is 0.691. The van der Waals surface area contributed by atoms with Gasteiger partial charge >= 0.3 is 5.69 Å². The van der Waals surface area contributed by atoms with Crippen LogP contribution in [0, 0.1) is 0 Å². The average Bonchev–Trinajstić information content (AvgIpc) is 3.28. The van der Waals surface area contributed by atoms with Crippen LogP contribution in [0.4, 0.5) is 0 Å². The Kier molecular flexibility index (Phi) is 6.83. The number of H-pyrrole nitrogens is 1. The Bertz CT molecular complexity index is 1010. The number of hydrogen-bond acceptors (Lipinski definition) is 6. The van der Waals surface area contributed by atoms with Crippen LogP contribution >= 0.6 is 23.1 Å². The van der Waals surface area contributed by atoms with Gasteiger partial charge < -0.3 is 5.32 Å². The molecular formula is C19H20N4O3S2. The van der Waals surface area contributed by atoms with E-state index in [0.29, 0.717) is 29.5 Å². The van der Waals surface area contributed by atoms with E-state index < -0.39 is 0 Å². The quantitative estimate of drug-likeness (QED) is 0.412. The van der Waals surface area contributed by atoms with E-state index in [1.165, 1.54) is 34.6 Å². The molecule has 146 valence electrons. The first-order valence-electron chi connectivity index (χ1n) is 8.71. The predicted molar refractivity (Wildman–Crippen MR) is 110 cm³/mol. The summed E-state index contributed by atoms with van der Waals surface area (Å²) in [5, 5.41) is 9.72. The van der Waals surface area contributed by atoms with Crippen LogP contribution in [0.1, 0.15) is 27.0 Å². The number of thiophene rings is 1. The van der Waals surface area contributed by atoms with E-state index in [-0.39, 0.29) is 23.1 Å². The third-order valence-electron chi connectivity index (χ3n) is 3.92. The van der Waals surface area contributed by atoms with E-state index >= 15 is 0 Å². The minimum Gasteiger partial charge on any atom is -0.356 e. The molecule has 0 saturated heterocycles. The number of aromatic amines is 1. The molecular weight excluding hydrogens is 396 g/mol. The second kappa shape index (κ2) is 9.52. The molecule has 0 fully saturated rings. The standard InChI is InChI=1S/C19H20N4O3S2/c1-13(24)20-10-9-15-7-8-17(28-15)16(25)12-27-19-22-21-18(26)23(19)11-14-5-3-2-4-6-14/h2-8H,9-12H2,1H3,(H,20,24)(H,21,26). The molecule has 2 N–H and O–H groups in total. The van der Waals surface area contributed by atoms with Crippen molar-refractivity contribution in [3.63, 3.8) is 0 Å². The molecule has 0 aliphatic heterocycles. The fourth-order valence-corrected chi connectivity index (χ4v) is 4.41. The number of hydrogen-bond donors (Lipinski definition) is 2. The fourth-order valence-electron chi connectivity index (χ4n) is 2.54. The number of aromatic nitrogens is 3. The molecule has 0 bridgehead atoms. The number of Topliss-reactive ketones (excluding diaryl/α,β-unsaturated/α-hetero) is 1. The summed E-state index contributed by atoms with van der Waals surface area (Å²) < 4.78 is 1.53. The first-order chi connectivity index (χ1) is 13.5. The van der Waals surface area contributed by atoms with Gasteiger partial charge in [-0.05, 0) is 24.1 Å². The molecule has 0 saturated carbocycles. The van der Waals surface area contributed by atoms with E-state index in [0.717, 1.165) is 10.4 Å². The highest BCUT2D eigenvalue weighted by Crippen LogP contribution is 2.21. The lowest BCUT2D eigenvalue weighted by atomic mass is 10.2. The Labute approximate surface area is 170 Å². The molecule has 28 heavy (non-hydrogen) atoms. The van der Waals surface area contributed by atoms with Crippen LogP contribution in [0.3, 0.4) is 0 Å². The number of thioether (sulfide) groups is 1. The third-order valence-corrected chi connectivity index (χ3v) is 6.08.